The number of rotatable bonds is 1. The summed E-state index contributed by atoms with van der Waals surface area (Å²) in [5, 5.41) is 19.3. The molecular formula is C31H13N3O4. The van der Waals surface area contributed by atoms with E-state index in [4.69, 9.17) is 14.2 Å². The van der Waals surface area contributed by atoms with Gasteiger partial charge in [-0.25, -0.2) is 0 Å². The van der Waals surface area contributed by atoms with Crippen molar-refractivity contribution in [3.8, 4) is 46.6 Å². The van der Waals surface area contributed by atoms with Crippen molar-refractivity contribution in [3.05, 3.63) is 101 Å². The van der Waals surface area contributed by atoms with Crippen molar-refractivity contribution in [2.24, 2.45) is 0 Å². The smallest absolute Gasteiger partial charge is 0.194 e. The summed E-state index contributed by atoms with van der Waals surface area (Å²) in [6.45, 7) is 0. The van der Waals surface area contributed by atoms with Gasteiger partial charge in [-0.05, 0) is 53.6 Å². The summed E-state index contributed by atoms with van der Waals surface area (Å²) in [4.78, 5) is 15.5. The fraction of sp³-hybridized carbons (Fsp3) is 0. The number of benzene rings is 4. The predicted octanol–water partition coefficient (Wildman–Crippen LogP) is 7.55. The number of ether oxygens (including phenoxy) is 3. The standard InChI is InChI=1S/C31H13N3O4/c32-14-17(15-33)27-18-5-1-2-6-19(18)31(35)20(27)11-16-12-25-30-26(13-16)38-24-10-4-8-22-29(24)34(30)28-21(36-22)7-3-9-23(28)37-25/h1-13H/b20-11-. The summed E-state index contributed by atoms with van der Waals surface area (Å²) in [7, 11) is 0. The minimum absolute atomic E-state index is 0.113. The van der Waals surface area contributed by atoms with Crippen LogP contribution in [0.25, 0.3) is 11.6 Å². The maximum Gasteiger partial charge on any atom is 0.194 e. The molecule has 7 nitrogen and oxygen atoms in total. The number of fused-ring (bicyclic) bond motifs is 1. The van der Waals surface area contributed by atoms with Crippen LogP contribution in [0.3, 0.4) is 0 Å². The average molecular weight is 491 g/mol. The van der Waals surface area contributed by atoms with Crippen LogP contribution in [0.2, 0.25) is 0 Å². The van der Waals surface area contributed by atoms with Gasteiger partial charge in [0.15, 0.2) is 40.3 Å². The van der Waals surface area contributed by atoms with E-state index in [2.05, 4.69) is 4.90 Å². The number of ketones is 1. The van der Waals surface area contributed by atoms with Crippen molar-refractivity contribution in [2.75, 3.05) is 4.90 Å². The molecule has 0 amide bonds. The molecule has 8 rings (SSSR count). The first kappa shape index (κ1) is 20.4. The van der Waals surface area contributed by atoms with Gasteiger partial charge in [-0.1, -0.05) is 36.4 Å². The van der Waals surface area contributed by atoms with E-state index < -0.39 is 0 Å². The van der Waals surface area contributed by atoms with Crippen molar-refractivity contribution >= 4 is 34.5 Å². The van der Waals surface area contributed by atoms with Gasteiger partial charge in [0.05, 0.1) is 0 Å². The molecule has 0 spiro atoms. The van der Waals surface area contributed by atoms with Gasteiger partial charge >= 0.3 is 0 Å². The Bertz CT molecular complexity index is 1860. The van der Waals surface area contributed by atoms with E-state index in [-0.39, 0.29) is 16.9 Å². The molecule has 0 N–H and O–H groups in total. The van der Waals surface area contributed by atoms with E-state index in [9.17, 15) is 15.3 Å². The second kappa shape index (κ2) is 7.13. The molecule has 3 heterocycles. The van der Waals surface area contributed by atoms with Crippen LogP contribution < -0.4 is 19.1 Å². The van der Waals surface area contributed by atoms with Gasteiger partial charge in [0.1, 0.15) is 34.8 Å². The van der Waals surface area contributed by atoms with E-state index in [1.165, 1.54) is 0 Å². The molecular weight excluding hydrogens is 478 g/mol. The van der Waals surface area contributed by atoms with Gasteiger partial charge in [-0.3, -0.25) is 9.69 Å². The van der Waals surface area contributed by atoms with Crippen molar-refractivity contribution < 1.29 is 19.0 Å². The summed E-state index contributed by atoms with van der Waals surface area (Å²) in [5.74, 6) is 3.49. The monoisotopic (exact) mass is 491 g/mol. The second-order valence-electron chi connectivity index (χ2n) is 9.12. The molecule has 0 fully saturated rings. The van der Waals surface area contributed by atoms with Crippen LogP contribution in [0.1, 0.15) is 21.5 Å². The Hall–Kier alpha value is -5.79. The van der Waals surface area contributed by atoms with Crippen LogP contribution >= 0.6 is 0 Å². The zero-order valence-corrected chi connectivity index (χ0v) is 19.5. The zero-order chi connectivity index (χ0) is 25.5. The maximum atomic E-state index is 13.4. The molecule has 3 aliphatic heterocycles. The average Bonchev–Trinajstić information content (AvgIpc) is 3.20. The number of allylic oxidation sites excluding steroid dienone is 3. The lowest BCUT2D eigenvalue weighted by Gasteiger charge is -2.41. The zero-order valence-electron chi connectivity index (χ0n) is 19.5. The Morgan fingerprint density at radius 3 is 1.74 bits per heavy atom. The Labute approximate surface area is 216 Å². The van der Waals surface area contributed by atoms with Crippen LogP contribution in [-0.4, -0.2) is 5.78 Å². The van der Waals surface area contributed by atoms with Crippen LogP contribution in [0.15, 0.2) is 83.9 Å². The van der Waals surface area contributed by atoms with Crippen LogP contribution in [0, 0.1) is 22.7 Å². The molecule has 0 radical (unpaired) electrons. The molecule has 38 heavy (non-hydrogen) atoms. The fourth-order valence-corrected chi connectivity index (χ4v) is 5.54. The number of carbonyl (C=O) groups is 1. The number of para-hydroxylation sites is 2. The van der Waals surface area contributed by atoms with Crippen molar-refractivity contribution in [1.29, 1.82) is 10.5 Å². The number of anilines is 3. The Balaban J connectivity index is 1.36. The third kappa shape index (κ3) is 2.52. The molecule has 0 bridgehead atoms. The molecule has 4 aromatic rings. The van der Waals surface area contributed by atoms with Gasteiger partial charge in [-0.2, -0.15) is 10.5 Å². The first-order valence-corrected chi connectivity index (χ1v) is 11.8. The highest BCUT2D eigenvalue weighted by Gasteiger charge is 2.41. The van der Waals surface area contributed by atoms with Gasteiger partial charge in [0.25, 0.3) is 0 Å². The van der Waals surface area contributed by atoms with Gasteiger partial charge < -0.3 is 14.2 Å². The van der Waals surface area contributed by atoms with Crippen LogP contribution in [0.4, 0.5) is 17.1 Å². The van der Waals surface area contributed by atoms with E-state index in [0.29, 0.717) is 56.8 Å². The Morgan fingerprint density at radius 2 is 1.18 bits per heavy atom. The van der Waals surface area contributed by atoms with Gasteiger partial charge in [0.2, 0.25) is 0 Å². The van der Waals surface area contributed by atoms with E-state index >= 15 is 0 Å². The quantitative estimate of drug-likeness (QED) is 0.173. The molecule has 4 aromatic carbocycles. The van der Waals surface area contributed by atoms with Crippen molar-refractivity contribution in [2.45, 2.75) is 0 Å². The third-order valence-corrected chi connectivity index (χ3v) is 7.06. The molecule has 7 heteroatoms. The molecule has 0 aromatic heterocycles. The summed E-state index contributed by atoms with van der Waals surface area (Å²) >= 11 is 0. The topological polar surface area (TPSA) is 95.6 Å². The molecule has 176 valence electrons. The first-order chi connectivity index (χ1) is 18.7. The SMILES string of the molecule is N#CC(C#N)=C1/C(=C/c2cc3c4c(c2)Oc2cccc5c2N4c2c(cccc2O3)O5)C(=O)c2ccccc21. The summed E-state index contributed by atoms with van der Waals surface area (Å²) in [6, 6.07) is 25.9. The minimum Gasteiger partial charge on any atom is -0.453 e. The summed E-state index contributed by atoms with van der Waals surface area (Å²) < 4.78 is 18.8. The van der Waals surface area contributed by atoms with Gasteiger partial charge in [-0.15, -0.1) is 0 Å². The van der Waals surface area contributed by atoms with Crippen LogP contribution in [0.5, 0.6) is 34.5 Å². The number of hydrogen-bond acceptors (Lipinski definition) is 7. The molecule has 0 atom stereocenters. The van der Waals surface area contributed by atoms with Gasteiger partial charge in [0, 0.05) is 16.7 Å². The second-order valence-corrected chi connectivity index (χ2v) is 9.12. The predicted molar refractivity (Wildman–Crippen MR) is 138 cm³/mol. The number of Topliss-reactive ketones (excluding diaryl/α,β-unsaturated/α-hetero) is 1. The lowest BCUT2D eigenvalue weighted by Crippen LogP contribution is -2.23. The van der Waals surface area contributed by atoms with E-state index in [1.54, 1.807) is 30.3 Å². The molecule has 0 unspecified atom stereocenters. The fourth-order valence-electron chi connectivity index (χ4n) is 5.54. The highest BCUT2D eigenvalue weighted by atomic mass is 16.5. The third-order valence-electron chi connectivity index (χ3n) is 7.06. The normalized spacial score (nSPS) is 15.4. The largest absolute Gasteiger partial charge is 0.453 e. The van der Waals surface area contributed by atoms with E-state index in [0.717, 1.165) is 17.1 Å². The van der Waals surface area contributed by atoms with Crippen molar-refractivity contribution in [1.82, 2.24) is 0 Å². The Kier molecular flexibility index (Phi) is 3.83. The van der Waals surface area contributed by atoms with Crippen LogP contribution in [-0.2, 0) is 0 Å². The summed E-state index contributed by atoms with van der Waals surface area (Å²) in [6.07, 6.45) is 1.69. The molecule has 0 saturated carbocycles. The lowest BCUT2D eigenvalue weighted by atomic mass is 9.97. The number of carbonyl (C=O) groups excluding carboxylic acids is 1. The minimum atomic E-state index is -0.245. The first-order valence-electron chi connectivity index (χ1n) is 11.8. The van der Waals surface area contributed by atoms with Crippen molar-refractivity contribution in [3.63, 3.8) is 0 Å². The molecule has 1 aliphatic carbocycles. The number of nitriles is 2. The molecule has 0 saturated heterocycles. The summed E-state index contributed by atoms with van der Waals surface area (Å²) in [5.41, 5.74) is 4.51. The molecule has 4 aliphatic rings. The number of nitrogens with zero attached hydrogens (tertiary/aromatic N) is 3. The number of hydrogen-bond donors (Lipinski definition) is 0. The maximum absolute atomic E-state index is 13.4. The van der Waals surface area contributed by atoms with E-state index in [1.807, 2.05) is 60.7 Å². The lowest BCUT2D eigenvalue weighted by molar-refractivity contribution is 0.104. The highest BCUT2D eigenvalue weighted by molar-refractivity contribution is 6.30. The Morgan fingerprint density at radius 1 is 0.684 bits per heavy atom. The highest BCUT2D eigenvalue weighted by Crippen LogP contribution is 2.66.